The number of carboxylic acid groups (broad SMARTS) is 1. The molecular formula is C15H18N2O2. The summed E-state index contributed by atoms with van der Waals surface area (Å²) in [7, 11) is 3.43. The molecule has 3 N–H and O–H groups in total. The van der Waals surface area contributed by atoms with Gasteiger partial charge in [0.1, 0.15) is 6.04 Å². The lowest BCUT2D eigenvalue weighted by atomic mass is 9.96. The predicted molar refractivity (Wildman–Crippen MR) is 76.2 cm³/mol. The highest BCUT2D eigenvalue weighted by atomic mass is 16.4. The number of rotatable bonds is 5. The van der Waals surface area contributed by atoms with Crippen molar-refractivity contribution < 1.29 is 9.90 Å². The van der Waals surface area contributed by atoms with Crippen molar-refractivity contribution >= 4 is 16.7 Å². The molecule has 0 saturated carbocycles. The lowest BCUT2D eigenvalue weighted by Gasteiger charge is -2.23. The Labute approximate surface area is 112 Å². The van der Waals surface area contributed by atoms with Crippen LogP contribution < -0.4 is 10.6 Å². The Bertz CT molecular complexity index is 583. The van der Waals surface area contributed by atoms with Crippen molar-refractivity contribution in [3.63, 3.8) is 0 Å². The van der Waals surface area contributed by atoms with Gasteiger partial charge >= 0.3 is 5.97 Å². The van der Waals surface area contributed by atoms with Crippen molar-refractivity contribution in [2.45, 2.75) is 12.1 Å². The van der Waals surface area contributed by atoms with Gasteiger partial charge in [-0.05, 0) is 36.5 Å². The van der Waals surface area contributed by atoms with E-state index in [2.05, 4.69) is 10.6 Å². The number of likely N-dealkylation sites (N-methyl/N-ethyl adjacent to an activating group) is 2. The highest BCUT2D eigenvalue weighted by Crippen LogP contribution is 2.22. The minimum atomic E-state index is -0.866. The first-order valence-electron chi connectivity index (χ1n) is 6.23. The molecule has 0 spiro atoms. The van der Waals surface area contributed by atoms with Gasteiger partial charge in [0.2, 0.25) is 0 Å². The molecular weight excluding hydrogens is 240 g/mol. The van der Waals surface area contributed by atoms with Crippen LogP contribution in [0.15, 0.2) is 42.5 Å². The first-order valence-corrected chi connectivity index (χ1v) is 6.23. The number of aliphatic carboxylic acids is 1. The van der Waals surface area contributed by atoms with E-state index in [1.54, 1.807) is 14.1 Å². The number of carboxylic acids is 1. The van der Waals surface area contributed by atoms with E-state index in [-0.39, 0.29) is 6.04 Å². The zero-order chi connectivity index (χ0) is 13.8. The van der Waals surface area contributed by atoms with Gasteiger partial charge in [0.25, 0.3) is 0 Å². The zero-order valence-corrected chi connectivity index (χ0v) is 11.1. The summed E-state index contributed by atoms with van der Waals surface area (Å²) in [4.78, 5) is 11.3. The van der Waals surface area contributed by atoms with Gasteiger partial charge in [0.05, 0.1) is 6.04 Å². The Hall–Kier alpha value is -1.91. The molecule has 0 saturated heterocycles. The standard InChI is InChI=1S/C15H18N2O2/c1-16-13(14(17-2)15(18)19)12-8-7-10-5-3-4-6-11(10)9-12/h3-9,13-14,16-17H,1-2H3,(H,18,19). The number of benzene rings is 2. The maximum Gasteiger partial charge on any atom is 0.322 e. The fourth-order valence-electron chi connectivity index (χ4n) is 2.36. The Morgan fingerprint density at radius 2 is 1.74 bits per heavy atom. The third-order valence-electron chi connectivity index (χ3n) is 3.35. The molecule has 0 aromatic heterocycles. The number of hydrogen-bond acceptors (Lipinski definition) is 3. The molecule has 0 amide bonds. The summed E-state index contributed by atoms with van der Waals surface area (Å²) in [6, 6.07) is 13.1. The van der Waals surface area contributed by atoms with Crippen molar-refractivity contribution in [1.29, 1.82) is 0 Å². The van der Waals surface area contributed by atoms with Gasteiger partial charge in [0.15, 0.2) is 0 Å². The number of hydrogen-bond donors (Lipinski definition) is 3. The van der Waals surface area contributed by atoms with Gasteiger partial charge < -0.3 is 15.7 Å². The Morgan fingerprint density at radius 1 is 1.05 bits per heavy atom. The first kappa shape index (κ1) is 13.5. The molecule has 0 radical (unpaired) electrons. The maximum absolute atomic E-state index is 11.3. The molecule has 19 heavy (non-hydrogen) atoms. The van der Waals surface area contributed by atoms with Crippen molar-refractivity contribution in [1.82, 2.24) is 10.6 Å². The van der Waals surface area contributed by atoms with Gasteiger partial charge in [-0.2, -0.15) is 0 Å². The smallest absolute Gasteiger partial charge is 0.322 e. The molecule has 2 unspecified atom stereocenters. The van der Waals surface area contributed by atoms with E-state index in [0.29, 0.717) is 0 Å². The minimum absolute atomic E-state index is 0.271. The molecule has 2 atom stereocenters. The van der Waals surface area contributed by atoms with Crippen molar-refractivity contribution in [3.05, 3.63) is 48.0 Å². The fraction of sp³-hybridized carbons (Fsp3) is 0.267. The molecule has 0 aliphatic rings. The molecule has 4 nitrogen and oxygen atoms in total. The van der Waals surface area contributed by atoms with Crippen LogP contribution in [-0.4, -0.2) is 31.2 Å². The number of carbonyl (C=O) groups is 1. The highest BCUT2D eigenvalue weighted by Gasteiger charge is 2.26. The van der Waals surface area contributed by atoms with Crippen molar-refractivity contribution in [2.75, 3.05) is 14.1 Å². The Morgan fingerprint density at radius 3 is 2.32 bits per heavy atom. The Kier molecular flexibility index (Phi) is 4.14. The summed E-state index contributed by atoms with van der Waals surface area (Å²) in [6.07, 6.45) is 0. The van der Waals surface area contributed by atoms with E-state index in [4.69, 9.17) is 0 Å². The van der Waals surface area contributed by atoms with Crippen molar-refractivity contribution in [2.24, 2.45) is 0 Å². The summed E-state index contributed by atoms with van der Waals surface area (Å²) >= 11 is 0. The summed E-state index contributed by atoms with van der Waals surface area (Å²) in [5.41, 5.74) is 0.961. The summed E-state index contributed by atoms with van der Waals surface area (Å²) in [5, 5.41) is 17.4. The second-order valence-electron chi connectivity index (χ2n) is 4.48. The third-order valence-corrected chi connectivity index (χ3v) is 3.35. The zero-order valence-electron chi connectivity index (χ0n) is 11.1. The number of nitrogens with one attached hydrogen (secondary N) is 2. The van der Waals surface area contributed by atoms with E-state index >= 15 is 0 Å². The summed E-state index contributed by atoms with van der Waals surface area (Å²) in [5.74, 6) is -0.866. The lowest BCUT2D eigenvalue weighted by molar-refractivity contribution is -0.140. The molecule has 2 rings (SSSR count). The first-order chi connectivity index (χ1) is 9.17. The minimum Gasteiger partial charge on any atom is -0.480 e. The van der Waals surface area contributed by atoms with Crippen LogP contribution in [0.1, 0.15) is 11.6 Å². The third kappa shape index (κ3) is 2.75. The highest BCUT2D eigenvalue weighted by molar-refractivity contribution is 5.83. The quantitative estimate of drug-likeness (QED) is 0.765. The molecule has 0 fully saturated rings. The molecule has 4 heteroatoms. The second-order valence-corrected chi connectivity index (χ2v) is 4.48. The van der Waals surface area contributed by atoms with E-state index in [1.807, 2.05) is 42.5 Å². The van der Waals surface area contributed by atoms with Crippen LogP contribution >= 0.6 is 0 Å². The monoisotopic (exact) mass is 258 g/mol. The van der Waals surface area contributed by atoms with E-state index < -0.39 is 12.0 Å². The van der Waals surface area contributed by atoms with Gasteiger partial charge in [0, 0.05) is 0 Å². The van der Waals surface area contributed by atoms with Crippen LogP contribution in [0.2, 0.25) is 0 Å². The topological polar surface area (TPSA) is 61.4 Å². The van der Waals surface area contributed by atoms with Crippen LogP contribution in [0, 0.1) is 0 Å². The molecule has 0 heterocycles. The normalized spacial score (nSPS) is 14.2. The maximum atomic E-state index is 11.3. The summed E-state index contributed by atoms with van der Waals surface area (Å²) in [6.45, 7) is 0. The van der Waals surface area contributed by atoms with Crippen LogP contribution in [0.5, 0.6) is 0 Å². The van der Waals surface area contributed by atoms with Gasteiger partial charge in [-0.25, -0.2) is 0 Å². The predicted octanol–water partition coefficient (Wildman–Crippen LogP) is 1.77. The average molecular weight is 258 g/mol. The SMILES string of the molecule is CNC(C(=O)O)C(NC)c1ccc2ccccc2c1. The van der Waals surface area contributed by atoms with Crippen molar-refractivity contribution in [3.8, 4) is 0 Å². The number of fused-ring (bicyclic) bond motifs is 1. The molecule has 0 bridgehead atoms. The molecule has 2 aromatic rings. The van der Waals surface area contributed by atoms with E-state index in [0.717, 1.165) is 16.3 Å². The van der Waals surface area contributed by atoms with Gasteiger partial charge in [-0.1, -0.05) is 36.4 Å². The Balaban J connectivity index is 2.42. The van der Waals surface area contributed by atoms with E-state index in [1.165, 1.54) is 0 Å². The van der Waals surface area contributed by atoms with Crippen LogP contribution in [-0.2, 0) is 4.79 Å². The molecule has 0 aliphatic carbocycles. The second kappa shape index (κ2) is 5.82. The molecule has 2 aromatic carbocycles. The van der Waals surface area contributed by atoms with Gasteiger partial charge in [-0.15, -0.1) is 0 Å². The van der Waals surface area contributed by atoms with Crippen LogP contribution in [0.3, 0.4) is 0 Å². The fourth-order valence-corrected chi connectivity index (χ4v) is 2.36. The largest absolute Gasteiger partial charge is 0.480 e. The molecule has 100 valence electrons. The van der Waals surface area contributed by atoms with Crippen LogP contribution in [0.25, 0.3) is 10.8 Å². The lowest BCUT2D eigenvalue weighted by Crippen LogP contribution is -2.44. The van der Waals surface area contributed by atoms with Crippen LogP contribution in [0.4, 0.5) is 0 Å². The van der Waals surface area contributed by atoms with Gasteiger partial charge in [-0.3, -0.25) is 4.79 Å². The molecule has 0 aliphatic heterocycles. The summed E-state index contributed by atoms with van der Waals surface area (Å²) < 4.78 is 0. The average Bonchev–Trinajstić information content (AvgIpc) is 2.43. The van der Waals surface area contributed by atoms with E-state index in [9.17, 15) is 9.90 Å².